The van der Waals surface area contributed by atoms with Crippen molar-refractivity contribution in [3.63, 3.8) is 0 Å². The maximum Gasteiger partial charge on any atom is 0.220 e. The molecule has 1 fully saturated rings. The number of hydrogen-bond donors (Lipinski definition) is 2. The topological polar surface area (TPSA) is 59.6 Å². The normalized spacial score (nSPS) is 17.5. The van der Waals surface area contributed by atoms with E-state index in [1.54, 1.807) is 14.2 Å². The molecule has 1 aliphatic heterocycles. The van der Waals surface area contributed by atoms with E-state index in [0.717, 1.165) is 30.0 Å². The Bertz CT molecular complexity index is 471. The lowest BCUT2D eigenvalue weighted by Gasteiger charge is -2.12. The molecular weight excluding hydrogens is 268 g/mol. The first-order valence-corrected chi connectivity index (χ1v) is 7.44. The molecule has 21 heavy (non-hydrogen) atoms. The molecule has 1 aromatic rings. The van der Waals surface area contributed by atoms with Crippen LogP contribution in [0.15, 0.2) is 18.2 Å². The van der Waals surface area contributed by atoms with Gasteiger partial charge in [0, 0.05) is 30.6 Å². The fourth-order valence-electron chi connectivity index (χ4n) is 2.59. The number of carbonyl (C=O) groups excluding carboxylic acids is 1. The fourth-order valence-corrected chi connectivity index (χ4v) is 2.59. The van der Waals surface area contributed by atoms with Gasteiger partial charge in [-0.25, -0.2) is 0 Å². The Morgan fingerprint density at radius 3 is 2.90 bits per heavy atom. The smallest absolute Gasteiger partial charge is 0.220 e. The minimum absolute atomic E-state index is 0.0848. The van der Waals surface area contributed by atoms with Crippen molar-refractivity contribution < 1.29 is 14.3 Å². The van der Waals surface area contributed by atoms with Crippen molar-refractivity contribution in [2.75, 3.05) is 20.8 Å². The van der Waals surface area contributed by atoms with E-state index >= 15 is 0 Å². The molecule has 1 aliphatic rings. The molecule has 2 N–H and O–H groups in total. The predicted molar refractivity (Wildman–Crippen MR) is 81.7 cm³/mol. The van der Waals surface area contributed by atoms with E-state index in [-0.39, 0.29) is 5.91 Å². The molecule has 1 atom stereocenters. The molecule has 2 rings (SSSR count). The summed E-state index contributed by atoms with van der Waals surface area (Å²) in [5.74, 6) is 1.56. The molecule has 0 radical (unpaired) electrons. The van der Waals surface area contributed by atoms with Crippen LogP contribution in [-0.4, -0.2) is 32.7 Å². The van der Waals surface area contributed by atoms with Crippen LogP contribution in [0.25, 0.3) is 0 Å². The number of rotatable bonds is 7. The van der Waals surface area contributed by atoms with Gasteiger partial charge in [-0.2, -0.15) is 0 Å². The van der Waals surface area contributed by atoms with Gasteiger partial charge in [0.05, 0.1) is 14.2 Å². The van der Waals surface area contributed by atoms with E-state index in [0.29, 0.717) is 19.0 Å². The molecule has 5 nitrogen and oxygen atoms in total. The van der Waals surface area contributed by atoms with Gasteiger partial charge in [-0.3, -0.25) is 4.79 Å². The summed E-state index contributed by atoms with van der Waals surface area (Å²) < 4.78 is 10.5. The zero-order valence-corrected chi connectivity index (χ0v) is 12.8. The highest BCUT2D eigenvalue weighted by Gasteiger charge is 2.15. The molecule has 0 aliphatic carbocycles. The van der Waals surface area contributed by atoms with Crippen molar-refractivity contribution in [2.45, 2.75) is 38.3 Å². The first kappa shape index (κ1) is 15.6. The molecule has 1 heterocycles. The molecule has 1 saturated heterocycles. The second kappa shape index (κ2) is 7.88. The van der Waals surface area contributed by atoms with E-state index in [9.17, 15) is 4.79 Å². The lowest BCUT2D eigenvalue weighted by molar-refractivity contribution is -0.121. The van der Waals surface area contributed by atoms with Crippen LogP contribution in [0.4, 0.5) is 0 Å². The van der Waals surface area contributed by atoms with E-state index in [2.05, 4.69) is 10.6 Å². The summed E-state index contributed by atoms with van der Waals surface area (Å²) in [6, 6.07) is 6.11. The molecule has 116 valence electrons. The number of ether oxygens (including phenoxy) is 2. The summed E-state index contributed by atoms with van der Waals surface area (Å²) in [5.41, 5.74) is 0.950. The fraction of sp³-hybridized carbons (Fsp3) is 0.562. The van der Waals surface area contributed by atoms with Crippen LogP contribution in [0.1, 0.15) is 31.2 Å². The first-order valence-electron chi connectivity index (χ1n) is 7.44. The van der Waals surface area contributed by atoms with Crippen LogP contribution in [0.3, 0.4) is 0 Å². The van der Waals surface area contributed by atoms with Gasteiger partial charge >= 0.3 is 0 Å². The third kappa shape index (κ3) is 4.63. The minimum atomic E-state index is 0.0848. The van der Waals surface area contributed by atoms with Crippen LogP contribution >= 0.6 is 0 Å². The third-order valence-corrected chi connectivity index (χ3v) is 3.85. The first-order chi connectivity index (χ1) is 10.2. The number of amides is 1. The summed E-state index contributed by atoms with van der Waals surface area (Å²) in [5, 5.41) is 6.35. The molecule has 0 bridgehead atoms. The summed E-state index contributed by atoms with van der Waals surface area (Å²) in [4.78, 5) is 11.9. The average molecular weight is 292 g/mol. The zero-order chi connectivity index (χ0) is 15.1. The van der Waals surface area contributed by atoms with Crippen molar-refractivity contribution in [2.24, 2.45) is 0 Å². The molecular formula is C16H24N2O3. The quantitative estimate of drug-likeness (QED) is 0.805. The minimum Gasteiger partial charge on any atom is -0.497 e. The molecule has 1 amide bonds. The lowest BCUT2D eigenvalue weighted by Crippen LogP contribution is -2.27. The van der Waals surface area contributed by atoms with Gasteiger partial charge in [0.25, 0.3) is 0 Å². The lowest BCUT2D eigenvalue weighted by atomic mass is 10.1. The second-order valence-corrected chi connectivity index (χ2v) is 5.29. The maximum absolute atomic E-state index is 11.9. The highest BCUT2D eigenvalue weighted by molar-refractivity contribution is 5.76. The Labute approximate surface area is 126 Å². The zero-order valence-electron chi connectivity index (χ0n) is 12.8. The van der Waals surface area contributed by atoms with E-state index in [4.69, 9.17) is 9.47 Å². The van der Waals surface area contributed by atoms with Gasteiger partial charge in [-0.1, -0.05) is 0 Å². The third-order valence-electron chi connectivity index (χ3n) is 3.85. The van der Waals surface area contributed by atoms with Crippen molar-refractivity contribution in [1.29, 1.82) is 0 Å². The van der Waals surface area contributed by atoms with Crippen molar-refractivity contribution >= 4 is 5.91 Å². The van der Waals surface area contributed by atoms with Crippen LogP contribution in [0.2, 0.25) is 0 Å². The van der Waals surface area contributed by atoms with E-state index in [1.165, 1.54) is 12.8 Å². The van der Waals surface area contributed by atoms with E-state index < -0.39 is 0 Å². The van der Waals surface area contributed by atoms with Crippen LogP contribution in [-0.2, 0) is 11.3 Å². The number of carbonyl (C=O) groups is 1. The number of benzene rings is 1. The highest BCUT2D eigenvalue weighted by atomic mass is 16.5. The molecule has 5 heteroatoms. The van der Waals surface area contributed by atoms with Gasteiger partial charge in [-0.15, -0.1) is 0 Å². The van der Waals surface area contributed by atoms with Gasteiger partial charge in [0.2, 0.25) is 5.91 Å². The standard InChI is InChI=1S/C16H24N2O3/c1-20-14-7-5-12(15(10-14)21-2)11-18-16(19)8-6-13-4-3-9-17-13/h5,7,10,13,17H,3-4,6,8-9,11H2,1-2H3,(H,18,19). The van der Waals surface area contributed by atoms with Crippen molar-refractivity contribution in [1.82, 2.24) is 10.6 Å². The second-order valence-electron chi connectivity index (χ2n) is 5.29. The molecule has 0 spiro atoms. The predicted octanol–water partition coefficient (Wildman–Crippen LogP) is 1.85. The van der Waals surface area contributed by atoms with Gasteiger partial charge in [0.1, 0.15) is 11.5 Å². The van der Waals surface area contributed by atoms with Gasteiger partial charge in [-0.05, 0) is 37.9 Å². The molecule has 1 aromatic carbocycles. The highest BCUT2D eigenvalue weighted by Crippen LogP contribution is 2.24. The summed E-state index contributed by atoms with van der Waals surface area (Å²) in [7, 11) is 3.24. The van der Waals surface area contributed by atoms with Crippen molar-refractivity contribution in [3.05, 3.63) is 23.8 Å². The molecule has 1 unspecified atom stereocenters. The average Bonchev–Trinajstić information content (AvgIpc) is 3.04. The molecule has 0 aromatic heterocycles. The maximum atomic E-state index is 11.9. The number of nitrogens with one attached hydrogen (secondary N) is 2. The number of hydrogen-bond acceptors (Lipinski definition) is 4. The largest absolute Gasteiger partial charge is 0.497 e. The Morgan fingerprint density at radius 2 is 2.24 bits per heavy atom. The van der Waals surface area contributed by atoms with Gasteiger partial charge in [0.15, 0.2) is 0 Å². The monoisotopic (exact) mass is 292 g/mol. The SMILES string of the molecule is COc1ccc(CNC(=O)CCC2CCCN2)c(OC)c1. The Balaban J connectivity index is 1.80. The Morgan fingerprint density at radius 1 is 1.38 bits per heavy atom. The Kier molecular flexibility index (Phi) is 5.87. The van der Waals surface area contributed by atoms with Crippen LogP contribution in [0, 0.1) is 0 Å². The van der Waals surface area contributed by atoms with Crippen molar-refractivity contribution in [3.8, 4) is 11.5 Å². The summed E-state index contributed by atoms with van der Waals surface area (Å²) in [6.07, 6.45) is 3.87. The van der Waals surface area contributed by atoms with Gasteiger partial charge < -0.3 is 20.1 Å². The molecule has 0 saturated carbocycles. The van der Waals surface area contributed by atoms with Crippen LogP contribution < -0.4 is 20.1 Å². The number of methoxy groups -OCH3 is 2. The van der Waals surface area contributed by atoms with Crippen LogP contribution in [0.5, 0.6) is 11.5 Å². The van der Waals surface area contributed by atoms with E-state index in [1.807, 2.05) is 18.2 Å². The Hall–Kier alpha value is -1.75. The summed E-state index contributed by atoms with van der Waals surface area (Å²) in [6.45, 7) is 1.55. The summed E-state index contributed by atoms with van der Waals surface area (Å²) >= 11 is 0.